The molecule has 0 N–H and O–H groups in total. The van der Waals surface area contributed by atoms with Crippen LogP contribution in [-0.2, 0) is 26.4 Å². The van der Waals surface area contributed by atoms with Crippen molar-refractivity contribution in [2.24, 2.45) is 12.5 Å². The van der Waals surface area contributed by atoms with E-state index >= 15 is 0 Å². The molecule has 2 nitrogen and oxygen atoms in total. The van der Waals surface area contributed by atoms with Gasteiger partial charge in [-0.15, -0.1) is 0 Å². The maximum atomic E-state index is 2.56. The summed E-state index contributed by atoms with van der Waals surface area (Å²) in [4.78, 5) is 0. The van der Waals surface area contributed by atoms with Crippen molar-refractivity contribution in [3.63, 3.8) is 0 Å². The van der Waals surface area contributed by atoms with E-state index in [4.69, 9.17) is 0 Å². The maximum Gasteiger partial charge on any atom is 0.289 e. The van der Waals surface area contributed by atoms with E-state index in [-0.39, 0.29) is 0 Å². The van der Waals surface area contributed by atoms with Crippen LogP contribution in [0.4, 0.5) is 0 Å². The van der Waals surface area contributed by atoms with Gasteiger partial charge in [-0.1, -0.05) is 44.5 Å². The molecule has 1 aliphatic heterocycles. The second kappa shape index (κ2) is 5.97. The lowest BCUT2D eigenvalue weighted by atomic mass is 9.87. The number of hydrogen-bond acceptors (Lipinski definition) is 0. The molecule has 0 bridgehead atoms. The molecule has 0 saturated carbocycles. The van der Waals surface area contributed by atoms with Gasteiger partial charge in [0.25, 0.3) is 5.82 Å². The summed E-state index contributed by atoms with van der Waals surface area (Å²) in [5.74, 6) is 1.35. The first kappa shape index (κ1) is 17.3. The smallest absolute Gasteiger partial charge is 0.226 e. The van der Waals surface area contributed by atoms with Crippen molar-refractivity contribution in [2.45, 2.75) is 60.4 Å². The lowest BCUT2D eigenvalue weighted by Gasteiger charge is -2.19. The van der Waals surface area contributed by atoms with Crippen LogP contribution in [-0.4, -0.2) is 4.57 Å². The van der Waals surface area contributed by atoms with E-state index in [0.717, 1.165) is 13.0 Å². The van der Waals surface area contributed by atoms with E-state index in [1.807, 2.05) is 0 Å². The number of aromatic nitrogens is 2. The van der Waals surface area contributed by atoms with Crippen molar-refractivity contribution >= 4 is 11.0 Å². The average molecular weight is 348 g/mol. The fourth-order valence-electron chi connectivity index (χ4n) is 4.65. The minimum Gasteiger partial charge on any atom is -0.226 e. The first-order valence-corrected chi connectivity index (χ1v) is 9.86. The van der Waals surface area contributed by atoms with Gasteiger partial charge in [0.05, 0.1) is 19.2 Å². The number of nitrogens with zero attached hydrogens (tertiary/aromatic N) is 2. The van der Waals surface area contributed by atoms with Crippen LogP contribution < -0.4 is 4.57 Å². The Balaban J connectivity index is 1.99. The molecule has 0 unspecified atom stereocenters. The van der Waals surface area contributed by atoms with Crippen LogP contribution in [0.25, 0.3) is 22.4 Å². The third-order valence-corrected chi connectivity index (χ3v) is 5.62. The molecule has 0 fully saturated rings. The van der Waals surface area contributed by atoms with Crippen molar-refractivity contribution < 1.29 is 4.57 Å². The minimum absolute atomic E-state index is 0.312. The first-order valence-electron chi connectivity index (χ1n) is 9.86. The van der Waals surface area contributed by atoms with Crippen LogP contribution in [0.2, 0.25) is 0 Å². The summed E-state index contributed by atoms with van der Waals surface area (Å²) < 4.78 is 4.99. The van der Waals surface area contributed by atoms with Crippen molar-refractivity contribution in [3.05, 3.63) is 52.6 Å². The molecule has 1 aromatic heterocycles. The van der Waals surface area contributed by atoms with Crippen LogP contribution >= 0.6 is 0 Å². The van der Waals surface area contributed by atoms with Gasteiger partial charge in [-0.2, -0.15) is 0 Å². The fraction of sp³-hybridized carbons (Fsp3) is 0.458. The zero-order chi connectivity index (χ0) is 18.6. The predicted molar refractivity (Wildman–Crippen MR) is 110 cm³/mol. The molecular weight excluding hydrogens is 316 g/mol. The maximum absolute atomic E-state index is 2.56. The van der Waals surface area contributed by atoms with Gasteiger partial charge >= 0.3 is 0 Å². The summed E-state index contributed by atoms with van der Waals surface area (Å²) in [6.45, 7) is 12.5. The van der Waals surface area contributed by atoms with Crippen LogP contribution in [0.1, 0.15) is 49.4 Å². The lowest BCUT2D eigenvalue weighted by Crippen LogP contribution is -2.39. The van der Waals surface area contributed by atoms with Crippen LogP contribution in [0.3, 0.4) is 0 Å². The molecule has 4 rings (SSSR count). The number of benzene rings is 2. The zero-order valence-electron chi connectivity index (χ0n) is 17.1. The van der Waals surface area contributed by atoms with Gasteiger partial charge in [-0.3, -0.25) is 0 Å². The Morgan fingerprint density at radius 1 is 1.08 bits per heavy atom. The normalized spacial score (nSPS) is 14.2. The predicted octanol–water partition coefficient (Wildman–Crippen LogP) is 5.28. The molecular formula is C24H31N2+. The Kier molecular flexibility index (Phi) is 3.98. The van der Waals surface area contributed by atoms with Crippen molar-refractivity contribution in [1.82, 2.24) is 4.57 Å². The molecule has 0 amide bonds. The van der Waals surface area contributed by atoms with Crippen LogP contribution in [0.5, 0.6) is 0 Å². The lowest BCUT2D eigenvalue weighted by molar-refractivity contribution is -0.664. The Hall–Kier alpha value is -2.09. The number of hydrogen-bond donors (Lipinski definition) is 0. The second-order valence-electron chi connectivity index (χ2n) is 9.32. The molecule has 26 heavy (non-hydrogen) atoms. The molecule has 3 aromatic rings. The molecule has 2 aromatic carbocycles. The Morgan fingerprint density at radius 2 is 1.85 bits per heavy atom. The molecule has 0 saturated heterocycles. The Bertz CT molecular complexity index is 999. The summed E-state index contributed by atoms with van der Waals surface area (Å²) in [6.07, 6.45) is 3.55. The first-order chi connectivity index (χ1) is 12.2. The van der Waals surface area contributed by atoms with Gasteiger partial charge in [0, 0.05) is 5.56 Å². The van der Waals surface area contributed by atoms with Gasteiger partial charge < -0.3 is 0 Å². The van der Waals surface area contributed by atoms with Gasteiger partial charge in [-0.25, -0.2) is 9.13 Å². The molecule has 2 heteroatoms. The second-order valence-corrected chi connectivity index (χ2v) is 9.32. The Labute approximate surface area is 157 Å². The molecule has 136 valence electrons. The summed E-state index contributed by atoms with van der Waals surface area (Å²) in [5.41, 5.74) is 10.2. The third kappa shape index (κ3) is 2.86. The molecule has 1 aliphatic rings. The molecule has 0 spiro atoms. The van der Waals surface area contributed by atoms with E-state index in [2.05, 4.69) is 81.1 Å². The van der Waals surface area contributed by atoms with Gasteiger partial charge in [0.2, 0.25) is 0 Å². The summed E-state index contributed by atoms with van der Waals surface area (Å²) in [7, 11) is 2.24. The fourth-order valence-corrected chi connectivity index (χ4v) is 4.65. The highest BCUT2D eigenvalue weighted by Gasteiger charge is 2.30. The van der Waals surface area contributed by atoms with E-state index in [9.17, 15) is 0 Å². The van der Waals surface area contributed by atoms with Crippen molar-refractivity contribution in [2.75, 3.05) is 0 Å². The highest BCUT2D eigenvalue weighted by atomic mass is 15.2. The minimum atomic E-state index is 0.312. The number of rotatable bonds is 2. The van der Waals surface area contributed by atoms with Crippen molar-refractivity contribution in [3.8, 4) is 11.4 Å². The highest BCUT2D eigenvalue weighted by Crippen LogP contribution is 2.32. The van der Waals surface area contributed by atoms with Crippen molar-refractivity contribution in [1.29, 1.82) is 0 Å². The van der Waals surface area contributed by atoms with E-state index in [1.54, 1.807) is 0 Å². The van der Waals surface area contributed by atoms with Gasteiger partial charge in [-0.05, 0) is 61.8 Å². The number of aryl methyl sites for hydroxylation is 5. The van der Waals surface area contributed by atoms with E-state index < -0.39 is 0 Å². The highest BCUT2D eigenvalue weighted by molar-refractivity contribution is 5.81. The molecule has 0 radical (unpaired) electrons. The molecule has 0 aliphatic carbocycles. The summed E-state index contributed by atoms with van der Waals surface area (Å²) in [5, 5.41) is 0. The monoisotopic (exact) mass is 347 g/mol. The van der Waals surface area contributed by atoms with Gasteiger partial charge in [0.15, 0.2) is 11.0 Å². The summed E-state index contributed by atoms with van der Waals surface area (Å²) >= 11 is 0. The quantitative estimate of drug-likeness (QED) is 0.557. The Morgan fingerprint density at radius 3 is 2.54 bits per heavy atom. The summed E-state index contributed by atoms with van der Waals surface area (Å²) in [6, 6.07) is 11.7. The van der Waals surface area contributed by atoms with E-state index in [1.165, 1.54) is 57.5 Å². The molecule has 2 heterocycles. The topological polar surface area (TPSA) is 8.81 Å². The van der Waals surface area contributed by atoms with Crippen LogP contribution in [0, 0.1) is 19.3 Å². The van der Waals surface area contributed by atoms with Crippen LogP contribution in [0.15, 0.2) is 30.3 Å². The standard InChI is InChI=1S/C24H31N2/c1-16-9-10-20(17(2)12-16)23-25(6)21-14-18(15-24(3,4)5)13-19-8-7-11-26(23)22(19)21/h9-10,12-14H,7-8,11,15H2,1-6H3/q+1. The zero-order valence-corrected chi connectivity index (χ0v) is 17.1. The third-order valence-electron chi connectivity index (χ3n) is 5.62. The van der Waals surface area contributed by atoms with Gasteiger partial charge in [0.1, 0.15) is 0 Å². The average Bonchev–Trinajstić information content (AvgIpc) is 2.80. The van der Waals surface area contributed by atoms with E-state index in [0.29, 0.717) is 5.41 Å². The largest absolute Gasteiger partial charge is 0.289 e. The number of imidazole rings is 1. The SMILES string of the molecule is Cc1ccc(-c2n(C)c3cc(CC(C)(C)C)cc4c3[n+]2CCC4)c(C)c1. The molecule has 0 atom stereocenters.